The molecular weight excluding hydrogens is 423 g/mol. The van der Waals surface area contributed by atoms with E-state index in [0.29, 0.717) is 31.1 Å². The van der Waals surface area contributed by atoms with Gasteiger partial charge in [0.2, 0.25) is 0 Å². The molecular formula is C25H27F5N2. The van der Waals surface area contributed by atoms with E-state index in [1.807, 2.05) is 22.9 Å². The molecule has 0 spiro atoms. The molecule has 0 fully saturated rings. The third-order valence-electron chi connectivity index (χ3n) is 5.77. The molecule has 2 aromatic carbocycles. The Labute approximate surface area is 185 Å². The maximum Gasteiger partial charge on any atom is 0.416 e. The van der Waals surface area contributed by atoms with Crippen molar-refractivity contribution in [1.29, 1.82) is 0 Å². The van der Waals surface area contributed by atoms with Gasteiger partial charge in [-0.05, 0) is 60.4 Å². The summed E-state index contributed by atoms with van der Waals surface area (Å²) in [6.07, 6.45) is -2.48. The van der Waals surface area contributed by atoms with Gasteiger partial charge in [-0.2, -0.15) is 13.2 Å². The van der Waals surface area contributed by atoms with Crippen LogP contribution in [-0.4, -0.2) is 15.5 Å². The molecule has 0 amide bonds. The molecule has 3 rings (SSSR count). The van der Waals surface area contributed by atoms with E-state index < -0.39 is 23.4 Å². The Kier molecular flexibility index (Phi) is 7.39. The minimum atomic E-state index is -4.36. The first-order valence-corrected chi connectivity index (χ1v) is 10.5. The number of rotatable bonds is 8. The van der Waals surface area contributed by atoms with Gasteiger partial charge in [0.05, 0.1) is 5.56 Å². The van der Waals surface area contributed by atoms with E-state index in [1.54, 1.807) is 0 Å². The van der Waals surface area contributed by atoms with E-state index in [-0.39, 0.29) is 6.04 Å². The van der Waals surface area contributed by atoms with E-state index in [1.165, 1.54) is 24.3 Å². The number of aromatic nitrogens is 1. The number of hydrogen-bond donors (Lipinski definition) is 0. The van der Waals surface area contributed by atoms with Crippen LogP contribution in [0.4, 0.5) is 22.0 Å². The second kappa shape index (κ2) is 9.86. The fourth-order valence-corrected chi connectivity index (χ4v) is 3.65. The summed E-state index contributed by atoms with van der Waals surface area (Å²) in [5, 5.41) is 0. The van der Waals surface area contributed by atoms with Gasteiger partial charge in [-0.1, -0.05) is 26.0 Å². The third-order valence-corrected chi connectivity index (χ3v) is 5.77. The minimum absolute atomic E-state index is 0.135. The summed E-state index contributed by atoms with van der Waals surface area (Å²) in [5.41, 5.74) is 1.60. The molecule has 0 radical (unpaired) electrons. The van der Waals surface area contributed by atoms with Crippen molar-refractivity contribution < 1.29 is 22.0 Å². The summed E-state index contributed by atoms with van der Waals surface area (Å²) in [6, 6.07) is 12.6. The quantitative estimate of drug-likeness (QED) is 0.340. The van der Waals surface area contributed by atoms with Crippen LogP contribution in [0.1, 0.15) is 43.2 Å². The molecule has 0 bridgehead atoms. The van der Waals surface area contributed by atoms with Crippen LogP contribution < -0.4 is 0 Å². The van der Waals surface area contributed by atoms with Crippen molar-refractivity contribution in [2.24, 2.45) is 5.92 Å². The zero-order valence-electron chi connectivity index (χ0n) is 18.3. The molecule has 0 aliphatic carbocycles. The third kappa shape index (κ3) is 6.19. The number of hydrogen-bond acceptors (Lipinski definition) is 1. The van der Waals surface area contributed by atoms with E-state index in [4.69, 9.17) is 0 Å². The zero-order valence-corrected chi connectivity index (χ0v) is 18.3. The highest BCUT2D eigenvalue weighted by Crippen LogP contribution is 2.29. The smallest absolute Gasteiger partial charge is 0.346 e. The average molecular weight is 450 g/mol. The molecule has 0 N–H and O–H groups in total. The monoisotopic (exact) mass is 450 g/mol. The number of alkyl halides is 3. The molecule has 1 unspecified atom stereocenters. The molecule has 0 saturated carbocycles. The van der Waals surface area contributed by atoms with Crippen LogP contribution in [0.2, 0.25) is 0 Å². The second-order valence-corrected chi connectivity index (χ2v) is 8.49. The first-order valence-electron chi connectivity index (χ1n) is 10.5. The molecule has 1 atom stereocenters. The maximum atomic E-state index is 13.7. The van der Waals surface area contributed by atoms with E-state index in [0.717, 1.165) is 29.5 Å². The Morgan fingerprint density at radius 1 is 0.844 bits per heavy atom. The Morgan fingerprint density at radius 2 is 1.47 bits per heavy atom. The number of halogens is 5. The van der Waals surface area contributed by atoms with Crippen LogP contribution in [-0.2, 0) is 25.8 Å². The van der Waals surface area contributed by atoms with Gasteiger partial charge in [0.1, 0.15) is 11.6 Å². The molecule has 3 aromatic rings. The summed E-state index contributed by atoms with van der Waals surface area (Å²) < 4.78 is 67.8. The average Bonchev–Trinajstić information content (AvgIpc) is 3.12. The van der Waals surface area contributed by atoms with E-state index in [9.17, 15) is 22.0 Å². The molecule has 172 valence electrons. The van der Waals surface area contributed by atoms with Gasteiger partial charge in [0.15, 0.2) is 0 Å². The molecule has 0 aliphatic rings. The highest BCUT2D eigenvalue weighted by molar-refractivity contribution is 5.25. The van der Waals surface area contributed by atoms with Gasteiger partial charge in [-0.25, -0.2) is 8.78 Å². The lowest BCUT2D eigenvalue weighted by atomic mass is 10.0. The van der Waals surface area contributed by atoms with Gasteiger partial charge in [-0.15, -0.1) is 0 Å². The molecule has 0 aliphatic heterocycles. The van der Waals surface area contributed by atoms with Crippen molar-refractivity contribution in [3.05, 3.63) is 94.8 Å². The van der Waals surface area contributed by atoms with Crippen LogP contribution in [0.15, 0.2) is 60.8 Å². The summed E-state index contributed by atoms with van der Waals surface area (Å²) >= 11 is 0. The van der Waals surface area contributed by atoms with Crippen LogP contribution >= 0.6 is 0 Å². The lowest BCUT2D eigenvalue weighted by Crippen LogP contribution is -2.36. The number of benzene rings is 2. The minimum Gasteiger partial charge on any atom is -0.346 e. The highest BCUT2D eigenvalue weighted by Gasteiger charge is 2.30. The predicted molar refractivity (Wildman–Crippen MR) is 115 cm³/mol. The fraction of sp³-hybridized carbons (Fsp3) is 0.360. The van der Waals surface area contributed by atoms with Gasteiger partial charge in [0, 0.05) is 43.6 Å². The normalized spacial score (nSPS) is 13.2. The van der Waals surface area contributed by atoms with Crippen molar-refractivity contribution in [2.45, 2.75) is 52.6 Å². The Morgan fingerprint density at radius 3 is 2.03 bits per heavy atom. The van der Waals surface area contributed by atoms with Gasteiger partial charge in [-0.3, -0.25) is 4.90 Å². The van der Waals surface area contributed by atoms with Crippen molar-refractivity contribution in [3.63, 3.8) is 0 Å². The van der Waals surface area contributed by atoms with Crippen LogP contribution in [0.5, 0.6) is 0 Å². The van der Waals surface area contributed by atoms with Gasteiger partial charge < -0.3 is 4.57 Å². The first-order chi connectivity index (χ1) is 15.0. The molecule has 1 aromatic heterocycles. The van der Waals surface area contributed by atoms with Crippen LogP contribution in [0.25, 0.3) is 0 Å². The first kappa shape index (κ1) is 24.0. The van der Waals surface area contributed by atoms with E-state index >= 15 is 0 Å². The second-order valence-electron chi connectivity index (χ2n) is 8.49. The summed E-state index contributed by atoms with van der Waals surface area (Å²) in [7, 11) is 0. The molecule has 7 heteroatoms. The standard InChI is InChI=1S/C25H27F5N2/c1-17(2)18(3)32(15-20-11-22(26)13-23(27)12-20)16-24-5-4-10-31(24)14-19-6-8-21(9-7-19)25(28,29)30/h4-13,17-18H,14-16H2,1-3H3. The van der Waals surface area contributed by atoms with Crippen molar-refractivity contribution in [3.8, 4) is 0 Å². The van der Waals surface area contributed by atoms with Crippen molar-refractivity contribution in [2.75, 3.05) is 0 Å². The lowest BCUT2D eigenvalue weighted by Gasteiger charge is -2.32. The van der Waals surface area contributed by atoms with Gasteiger partial charge >= 0.3 is 6.18 Å². The number of nitrogens with zero attached hydrogens (tertiary/aromatic N) is 2. The largest absolute Gasteiger partial charge is 0.416 e. The molecule has 1 heterocycles. The van der Waals surface area contributed by atoms with Crippen LogP contribution in [0, 0.1) is 17.6 Å². The Bertz CT molecular complexity index is 1000. The molecule has 2 nitrogen and oxygen atoms in total. The fourth-order valence-electron chi connectivity index (χ4n) is 3.65. The molecule has 32 heavy (non-hydrogen) atoms. The maximum absolute atomic E-state index is 13.7. The summed E-state index contributed by atoms with van der Waals surface area (Å²) in [6.45, 7) is 7.59. The summed E-state index contributed by atoms with van der Waals surface area (Å²) in [4.78, 5) is 2.15. The van der Waals surface area contributed by atoms with Crippen LogP contribution in [0.3, 0.4) is 0 Å². The lowest BCUT2D eigenvalue weighted by molar-refractivity contribution is -0.137. The SMILES string of the molecule is CC(C)C(C)N(Cc1cc(F)cc(F)c1)Cc1cccn1Cc1ccc(C(F)(F)F)cc1. The predicted octanol–water partition coefficient (Wildman–Crippen LogP) is 6.88. The zero-order chi connectivity index (χ0) is 23.5. The summed E-state index contributed by atoms with van der Waals surface area (Å²) in [5.74, 6) is -0.905. The molecule has 0 saturated heterocycles. The Balaban J connectivity index is 1.79. The highest BCUT2D eigenvalue weighted by atomic mass is 19.4. The van der Waals surface area contributed by atoms with Crippen molar-refractivity contribution in [1.82, 2.24) is 9.47 Å². The topological polar surface area (TPSA) is 8.17 Å². The van der Waals surface area contributed by atoms with Gasteiger partial charge in [0.25, 0.3) is 0 Å². The van der Waals surface area contributed by atoms with E-state index in [2.05, 4.69) is 25.7 Å². The van der Waals surface area contributed by atoms with Crippen molar-refractivity contribution >= 4 is 0 Å². The Hall–Kier alpha value is -2.67.